The van der Waals surface area contributed by atoms with Crippen molar-refractivity contribution < 1.29 is 56.0 Å². The average Bonchev–Trinajstić information content (AvgIpc) is 2.65. The van der Waals surface area contributed by atoms with E-state index in [2.05, 4.69) is 0 Å². The van der Waals surface area contributed by atoms with E-state index in [1.165, 1.54) is 20.8 Å². The van der Waals surface area contributed by atoms with E-state index in [1.54, 1.807) is 6.92 Å². The summed E-state index contributed by atoms with van der Waals surface area (Å²) in [7, 11) is 0. The van der Waals surface area contributed by atoms with E-state index in [0.717, 1.165) is 6.08 Å². The number of carbonyl (C=O) groups excluding carboxylic acids is 1. The third-order valence-corrected chi connectivity index (χ3v) is 6.86. The first-order valence-electron chi connectivity index (χ1n) is 10.7. The van der Waals surface area contributed by atoms with Crippen molar-refractivity contribution in [1.29, 1.82) is 0 Å². The fourth-order valence-corrected chi connectivity index (χ4v) is 3.97. The quantitative estimate of drug-likeness (QED) is 0.249. The van der Waals surface area contributed by atoms with Crippen LogP contribution in [0, 0.1) is 16.7 Å². The predicted molar refractivity (Wildman–Crippen MR) is 108 cm³/mol. The van der Waals surface area contributed by atoms with Gasteiger partial charge in [0.25, 0.3) is 0 Å². The Balaban J connectivity index is 3.37. The molecule has 0 amide bonds. The number of hydrogen-bond acceptors (Lipinski definition) is 5. The van der Waals surface area contributed by atoms with Crippen LogP contribution in [0.3, 0.4) is 0 Å². The van der Waals surface area contributed by atoms with Gasteiger partial charge < -0.3 is 20.1 Å². The Hall–Kier alpha value is -1.82. The Kier molecular flexibility index (Phi) is 8.29. The van der Waals surface area contributed by atoms with Crippen LogP contribution in [0.1, 0.15) is 67.2 Å². The molecule has 5 unspecified atom stereocenters. The van der Waals surface area contributed by atoms with Crippen molar-refractivity contribution in [2.75, 3.05) is 0 Å². The summed E-state index contributed by atoms with van der Waals surface area (Å²) < 4.78 is 85.8. The van der Waals surface area contributed by atoms with Crippen LogP contribution in [-0.2, 0) is 14.3 Å². The lowest BCUT2D eigenvalue weighted by Gasteiger charge is -2.42. The minimum Gasteiger partial charge on any atom is -0.481 e. The van der Waals surface area contributed by atoms with Crippen molar-refractivity contribution in [2.45, 2.75) is 96.9 Å². The molecule has 0 aromatic carbocycles. The maximum Gasteiger partial charge on any atom is 0.420 e. The van der Waals surface area contributed by atoms with Crippen molar-refractivity contribution >= 4 is 11.9 Å². The Labute approximate surface area is 194 Å². The van der Waals surface area contributed by atoms with E-state index in [4.69, 9.17) is 4.74 Å². The van der Waals surface area contributed by atoms with Crippen molar-refractivity contribution in [2.24, 2.45) is 16.7 Å². The number of rotatable bonds is 8. The highest BCUT2D eigenvalue weighted by Crippen LogP contribution is 2.48. The topological polar surface area (TPSA) is 104 Å². The molecule has 0 radical (unpaired) electrons. The highest BCUT2D eigenvalue weighted by atomic mass is 19.4. The number of carboxylic acids is 1. The largest absolute Gasteiger partial charge is 0.481 e. The van der Waals surface area contributed by atoms with E-state index in [0.29, 0.717) is 13.8 Å². The Morgan fingerprint density at radius 1 is 1.00 bits per heavy atom. The highest BCUT2D eigenvalue weighted by molar-refractivity contribution is 5.79. The molecule has 0 aliphatic heterocycles. The number of aliphatic hydroxyl groups is 2. The minimum atomic E-state index is -5.25. The fraction of sp³-hybridized carbons (Fsp3) is 0.818. The third-order valence-electron chi connectivity index (χ3n) is 6.86. The van der Waals surface area contributed by atoms with Crippen LogP contribution >= 0.6 is 0 Å². The van der Waals surface area contributed by atoms with Gasteiger partial charge in [0.15, 0.2) is 11.2 Å². The van der Waals surface area contributed by atoms with Crippen molar-refractivity contribution in [3.05, 3.63) is 11.6 Å². The summed E-state index contributed by atoms with van der Waals surface area (Å²) in [4.78, 5) is 24.4. The van der Waals surface area contributed by atoms with Gasteiger partial charge in [0, 0.05) is 5.92 Å². The van der Waals surface area contributed by atoms with Gasteiger partial charge >= 0.3 is 24.3 Å². The first kappa shape index (κ1) is 30.2. The molecule has 34 heavy (non-hydrogen) atoms. The van der Waals surface area contributed by atoms with Crippen LogP contribution in [-0.4, -0.2) is 56.9 Å². The van der Waals surface area contributed by atoms with Gasteiger partial charge in [-0.15, -0.1) is 0 Å². The van der Waals surface area contributed by atoms with Crippen molar-refractivity contribution in [3.63, 3.8) is 0 Å². The second-order valence-corrected chi connectivity index (χ2v) is 10.3. The standard InChI is InChI=1S/C22H32F6O6/c1-7-18(4,15(29)30)11-17(2,3)16(31)34-14-9-12(19(5,32)21(23,24)25)8-13(10-14)20(6,33)22(26,27)28/h9,13-14,32-33H,7-8,10-11H2,1-6H3,(H,29,30). The van der Waals surface area contributed by atoms with Gasteiger partial charge in [-0.25, -0.2) is 0 Å². The lowest BCUT2D eigenvalue weighted by Crippen LogP contribution is -2.53. The number of carboxylic acid groups (broad SMARTS) is 1. The van der Waals surface area contributed by atoms with Gasteiger partial charge in [-0.3, -0.25) is 9.59 Å². The number of hydrogen-bond donors (Lipinski definition) is 3. The molecule has 1 rings (SSSR count). The van der Waals surface area contributed by atoms with Gasteiger partial charge in [0.05, 0.1) is 10.8 Å². The minimum absolute atomic E-state index is 0.150. The summed E-state index contributed by atoms with van der Waals surface area (Å²) in [6.07, 6.45) is -13.0. The van der Waals surface area contributed by atoms with Crippen LogP contribution in [0.5, 0.6) is 0 Å². The fourth-order valence-electron chi connectivity index (χ4n) is 3.97. The number of aliphatic carboxylic acids is 1. The summed E-state index contributed by atoms with van der Waals surface area (Å²) in [5, 5.41) is 29.6. The van der Waals surface area contributed by atoms with Gasteiger partial charge in [-0.2, -0.15) is 26.3 Å². The molecule has 0 saturated carbocycles. The second kappa shape index (κ2) is 9.33. The Morgan fingerprint density at radius 3 is 1.88 bits per heavy atom. The SMILES string of the molecule is CCC(C)(CC(C)(C)C(=O)OC1C=C(C(C)(O)C(F)(F)F)CC(C(C)(O)C(F)(F)F)C1)C(=O)O. The number of carbonyl (C=O) groups is 2. The molecule has 6 nitrogen and oxygen atoms in total. The number of alkyl halides is 6. The maximum atomic E-state index is 13.4. The number of esters is 1. The molecule has 0 aromatic rings. The zero-order valence-electron chi connectivity index (χ0n) is 19.9. The van der Waals surface area contributed by atoms with E-state index in [1.807, 2.05) is 0 Å². The van der Waals surface area contributed by atoms with Gasteiger partial charge in [-0.05, 0) is 72.0 Å². The van der Waals surface area contributed by atoms with Crippen LogP contribution in [0.4, 0.5) is 26.3 Å². The van der Waals surface area contributed by atoms with Crippen LogP contribution in [0.25, 0.3) is 0 Å². The zero-order valence-corrected chi connectivity index (χ0v) is 19.9. The highest BCUT2D eigenvalue weighted by Gasteiger charge is 2.59. The molecule has 12 heteroatoms. The molecule has 0 fully saturated rings. The second-order valence-electron chi connectivity index (χ2n) is 10.3. The summed E-state index contributed by atoms with van der Waals surface area (Å²) in [6, 6.07) is 0. The molecular formula is C22H32F6O6. The van der Waals surface area contributed by atoms with Gasteiger partial charge in [0.2, 0.25) is 0 Å². The molecule has 0 saturated heterocycles. The maximum absolute atomic E-state index is 13.4. The van der Waals surface area contributed by atoms with E-state index in [-0.39, 0.29) is 12.8 Å². The number of halogens is 6. The summed E-state index contributed by atoms with van der Waals surface area (Å²) in [5.41, 5.74) is -10.6. The van der Waals surface area contributed by atoms with Crippen LogP contribution in [0.15, 0.2) is 11.6 Å². The first-order chi connectivity index (χ1) is 14.9. The summed E-state index contributed by atoms with van der Waals surface area (Å²) in [5.74, 6) is -4.08. The van der Waals surface area contributed by atoms with Crippen molar-refractivity contribution in [3.8, 4) is 0 Å². The van der Waals surface area contributed by atoms with E-state index < -0.39 is 76.8 Å². The zero-order chi connectivity index (χ0) is 27.1. The summed E-state index contributed by atoms with van der Waals surface area (Å²) >= 11 is 0. The molecule has 198 valence electrons. The Bertz CT molecular complexity index is 812. The predicted octanol–water partition coefficient (Wildman–Crippen LogP) is 4.78. The third kappa shape index (κ3) is 6.05. The van der Waals surface area contributed by atoms with E-state index in [9.17, 15) is 51.3 Å². The molecule has 0 spiro atoms. The lowest BCUT2D eigenvalue weighted by molar-refractivity contribution is -0.277. The molecule has 1 aliphatic carbocycles. The molecular weight excluding hydrogens is 474 g/mol. The average molecular weight is 506 g/mol. The van der Waals surface area contributed by atoms with Gasteiger partial charge in [-0.1, -0.05) is 6.92 Å². The smallest absolute Gasteiger partial charge is 0.420 e. The Morgan fingerprint density at radius 2 is 1.50 bits per heavy atom. The molecule has 0 heterocycles. The monoisotopic (exact) mass is 506 g/mol. The van der Waals surface area contributed by atoms with Crippen molar-refractivity contribution in [1.82, 2.24) is 0 Å². The normalized spacial score (nSPS) is 25.4. The first-order valence-corrected chi connectivity index (χ1v) is 10.7. The molecule has 3 N–H and O–H groups in total. The molecule has 1 aliphatic rings. The van der Waals surface area contributed by atoms with Crippen LogP contribution in [0.2, 0.25) is 0 Å². The molecule has 5 atom stereocenters. The van der Waals surface area contributed by atoms with Crippen LogP contribution < -0.4 is 0 Å². The molecule has 0 aromatic heterocycles. The van der Waals surface area contributed by atoms with E-state index >= 15 is 0 Å². The molecule has 0 bridgehead atoms. The lowest BCUT2D eigenvalue weighted by atomic mass is 9.71. The number of ether oxygens (including phenoxy) is 1. The van der Waals surface area contributed by atoms with Gasteiger partial charge in [0.1, 0.15) is 6.10 Å². The summed E-state index contributed by atoms with van der Waals surface area (Å²) in [6.45, 7) is 6.48.